The zero-order valence-corrected chi connectivity index (χ0v) is 21.6. The van der Waals surface area contributed by atoms with Crippen LogP contribution in [-0.2, 0) is 4.74 Å². The molecule has 1 fully saturated rings. The van der Waals surface area contributed by atoms with Gasteiger partial charge in [-0.15, -0.1) is 18.3 Å². The highest BCUT2D eigenvalue weighted by Crippen LogP contribution is 2.34. The number of hydrogen-bond donors (Lipinski definition) is 0. The highest BCUT2D eigenvalue weighted by molar-refractivity contribution is 9.10. The molecule has 1 unspecified atom stereocenters. The highest BCUT2D eigenvalue weighted by atomic mass is 79.9. The number of ether oxygens (including phenoxy) is 2. The first-order valence-electron chi connectivity index (χ1n) is 10.9. The minimum Gasteiger partial charge on any atom is -0.444 e. The van der Waals surface area contributed by atoms with Gasteiger partial charge in [0.15, 0.2) is 0 Å². The third kappa shape index (κ3) is 6.99. The van der Waals surface area contributed by atoms with Gasteiger partial charge < -0.3 is 19.3 Å². The third-order valence-electron chi connectivity index (χ3n) is 5.11. The van der Waals surface area contributed by atoms with Gasteiger partial charge in [0.2, 0.25) is 0 Å². The van der Waals surface area contributed by atoms with Gasteiger partial charge in [0.1, 0.15) is 17.2 Å². The summed E-state index contributed by atoms with van der Waals surface area (Å²) in [5, 5.41) is -0.283. The molecule has 0 radical (unpaired) electrons. The number of alkyl halides is 3. The van der Waals surface area contributed by atoms with Crippen LogP contribution >= 0.6 is 15.9 Å². The van der Waals surface area contributed by atoms with Crippen LogP contribution in [0.25, 0.3) is 0 Å². The minimum atomic E-state index is -4.98. The van der Waals surface area contributed by atoms with Crippen molar-refractivity contribution in [1.82, 2.24) is 9.88 Å². The monoisotopic (exact) mass is 576 g/mol. The van der Waals surface area contributed by atoms with E-state index in [2.05, 4.69) is 25.7 Å². The third-order valence-corrected chi connectivity index (χ3v) is 5.77. The van der Waals surface area contributed by atoms with E-state index in [4.69, 9.17) is 4.74 Å². The summed E-state index contributed by atoms with van der Waals surface area (Å²) in [6, 6.07) is 5.82. The summed E-state index contributed by atoms with van der Waals surface area (Å²) in [4.78, 5) is 32.7. The molecule has 3 rings (SSSR count). The largest absolute Gasteiger partial charge is 0.573 e. The van der Waals surface area contributed by atoms with Crippen molar-refractivity contribution in [1.29, 1.82) is 0 Å². The maximum absolute atomic E-state index is 14.8. The van der Waals surface area contributed by atoms with E-state index in [0.717, 1.165) is 18.2 Å². The van der Waals surface area contributed by atoms with Crippen molar-refractivity contribution < 1.29 is 36.7 Å². The number of carbonyl (C=O) groups is 2. The molecule has 1 aliphatic heterocycles. The van der Waals surface area contributed by atoms with Crippen molar-refractivity contribution in [2.75, 3.05) is 29.7 Å². The van der Waals surface area contributed by atoms with Crippen LogP contribution in [0.4, 0.5) is 34.0 Å². The average Bonchev–Trinajstić information content (AvgIpc) is 2.77. The Morgan fingerprint density at radius 1 is 1.14 bits per heavy atom. The highest BCUT2D eigenvalue weighted by Gasteiger charge is 2.33. The van der Waals surface area contributed by atoms with E-state index in [0.29, 0.717) is 25.5 Å². The van der Waals surface area contributed by atoms with Crippen molar-refractivity contribution >= 4 is 39.4 Å². The fourth-order valence-electron chi connectivity index (χ4n) is 3.52. The molecule has 1 atom stereocenters. The summed E-state index contributed by atoms with van der Waals surface area (Å²) >= 11 is 2.89. The molecule has 13 heteroatoms. The number of anilines is 2. The fourth-order valence-corrected chi connectivity index (χ4v) is 3.85. The summed E-state index contributed by atoms with van der Waals surface area (Å²) in [7, 11) is 0. The predicted octanol–water partition coefficient (Wildman–Crippen LogP) is 5.72. The smallest absolute Gasteiger partial charge is 0.444 e. The summed E-state index contributed by atoms with van der Waals surface area (Å²) in [6.07, 6.45) is -4.20. The maximum atomic E-state index is 14.8. The van der Waals surface area contributed by atoms with E-state index < -0.39 is 35.4 Å². The number of piperazine rings is 1. The zero-order valence-electron chi connectivity index (χ0n) is 20.0. The number of nitrogens with zero attached hydrogens (tertiary/aromatic N) is 4. The number of carbonyl (C=O) groups excluding carboxylic acids is 2. The van der Waals surface area contributed by atoms with Crippen molar-refractivity contribution in [3.05, 3.63) is 46.6 Å². The molecule has 1 aromatic heterocycles. The second kappa shape index (κ2) is 10.5. The first kappa shape index (κ1) is 27.5. The van der Waals surface area contributed by atoms with Crippen LogP contribution < -0.4 is 14.8 Å². The lowest BCUT2D eigenvalue weighted by atomic mass is 10.1. The van der Waals surface area contributed by atoms with Gasteiger partial charge in [-0.2, -0.15) is 0 Å². The lowest BCUT2D eigenvalue weighted by molar-refractivity contribution is -0.274. The molecule has 8 nitrogen and oxygen atoms in total. The summed E-state index contributed by atoms with van der Waals surface area (Å²) in [5.74, 6) is -1.28. The second-order valence-corrected chi connectivity index (χ2v) is 9.98. The molecule has 0 N–H and O–H groups in total. The van der Waals surface area contributed by atoms with E-state index in [9.17, 15) is 27.2 Å². The first-order chi connectivity index (χ1) is 16.6. The molecule has 0 saturated carbocycles. The van der Waals surface area contributed by atoms with Crippen LogP contribution in [0, 0.1) is 0 Å². The van der Waals surface area contributed by atoms with E-state index in [1.807, 2.05) is 11.8 Å². The van der Waals surface area contributed by atoms with Crippen LogP contribution in [-0.4, -0.2) is 59.5 Å². The minimum absolute atomic E-state index is 0.0590. The lowest BCUT2D eigenvalue weighted by Gasteiger charge is -2.40. The zero-order chi connectivity index (χ0) is 26.8. The number of amides is 2. The molecule has 2 aromatic rings. The molecule has 36 heavy (non-hydrogen) atoms. The van der Waals surface area contributed by atoms with Gasteiger partial charge in [0.25, 0.3) is 5.91 Å². The number of benzene rings is 1. The summed E-state index contributed by atoms with van der Waals surface area (Å²) in [5.41, 5.74) is -1.16. The number of aromatic nitrogens is 1. The number of rotatable bonds is 4. The van der Waals surface area contributed by atoms with Gasteiger partial charge in [-0.1, -0.05) is 4.48 Å². The van der Waals surface area contributed by atoms with Gasteiger partial charge in [-0.05, 0) is 67.9 Å². The van der Waals surface area contributed by atoms with Gasteiger partial charge in [0, 0.05) is 37.9 Å². The van der Waals surface area contributed by atoms with Crippen molar-refractivity contribution in [3.63, 3.8) is 0 Å². The van der Waals surface area contributed by atoms with Crippen LogP contribution in [0.2, 0.25) is 0 Å². The van der Waals surface area contributed by atoms with E-state index in [1.165, 1.54) is 12.3 Å². The van der Waals surface area contributed by atoms with Crippen LogP contribution in [0.1, 0.15) is 38.1 Å². The van der Waals surface area contributed by atoms with E-state index in [-0.39, 0.29) is 21.2 Å². The standard InChI is InChI=1S/C23H25BrF4N4O4/c1-14-13-30(21(34)36-22(2,3)4)9-10-31(14)19-8-5-15(12-29-19)20(33)32(28)16-6-7-17(24)18(11-16)35-23(25,26)27/h5-8,11-12,14H,9-10,13H2,1-4H3. The molecule has 2 heterocycles. The molecule has 1 saturated heterocycles. The number of halogens is 5. The predicted molar refractivity (Wildman–Crippen MR) is 128 cm³/mol. The Hall–Kier alpha value is -3.09. The topological polar surface area (TPSA) is 75.2 Å². The Morgan fingerprint density at radius 2 is 1.83 bits per heavy atom. The molecule has 0 bridgehead atoms. The van der Waals surface area contributed by atoms with Gasteiger partial charge >= 0.3 is 12.5 Å². The number of hydrogen-bond acceptors (Lipinski definition) is 6. The molecule has 196 valence electrons. The van der Waals surface area contributed by atoms with Gasteiger partial charge in [-0.3, -0.25) is 4.79 Å². The average molecular weight is 577 g/mol. The van der Waals surface area contributed by atoms with E-state index >= 15 is 0 Å². The molecule has 2 amide bonds. The first-order valence-corrected chi connectivity index (χ1v) is 11.7. The van der Waals surface area contributed by atoms with Crippen molar-refractivity contribution in [3.8, 4) is 5.75 Å². The molecular weight excluding hydrogens is 552 g/mol. The fraction of sp³-hybridized carbons (Fsp3) is 0.435. The molecular formula is C23H25BrF4N4O4. The quantitative estimate of drug-likeness (QED) is 0.342. The van der Waals surface area contributed by atoms with Gasteiger partial charge in [-0.25, -0.2) is 9.78 Å². The SMILES string of the molecule is CC1CN(C(=O)OC(C)(C)C)CCN1c1ccc(C(=O)N(F)c2ccc(Br)c(OC(F)(F)F)c2)cn1. The molecule has 0 aliphatic carbocycles. The maximum Gasteiger partial charge on any atom is 0.573 e. The Morgan fingerprint density at radius 3 is 2.39 bits per heavy atom. The summed E-state index contributed by atoms with van der Waals surface area (Å²) < 4.78 is 61.7. The Kier molecular flexibility index (Phi) is 8.01. The molecule has 0 spiro atoms. The van der Waals surface area contributed by atoms with Crippen LogP contribution in [0.5, 0.6) is 5.75 Å². The van der Waals surface area contributed by atoms with E-state index in [1.54, 1.807) is 31.7 Å². The Labute approximate surface area is 213 Å². The Balaban J connectivity index is 1.68. The van der Waals surface area contributed by atoms with Crippen LogP contribution in [0.3, 0.4) is 0 Å². The second-order valence-electron chi connectivity index (χ2n) is 9.12. The van der Waals surface area contributed by atoms with Crippen LogP contribution in [0.15, 0.2) is 41.0 Å². The van der Waals surface area contributed by atoms with Gasteiger partial charge in [0.05, 0.1) is 15.7 Å². The van der Waals surface area contributed by atoms with Crippen molar-refractivity contribution in [2.45, 2.75) is 45.7 Å². The lowest BCUT2D eigenvalue weighted by Crippen LogP contribution is -2.54. The molecule has 1 aliphatic rings. The Bertz CT molecular complexity index is 1110. The van der Waals surface area contributed by atoms with Crippen molar-refractivity contribution in [2.24, 2.45) is 0 Å². The molecule has 1 aromatic carbocycles. The number of pyridine rings is 1. The summed E-state index contributed by atoms with van der Waals surface area (Å²) in [6.45, 7) is 8.57. The normalized spacial score (nSPS) is 16.5.